The van der Waals surface area contributed by atoms with Crippen LogP contribution in [0.15, 0.2) is 0 Å². The van der Waals surface area contributed by atoms with Gasteiger partial charge < -0.3 is 9.64 Å². The van der Waals surface area contributed by atoms with Gasteiger partial charge in [0.25, 0.3) is 0 Å². The summed E-state index contributed by atoms with van der Waals surface area (Å²) in [5, 5.41) is 0. The first-order chi connectivity index (χ1) is 5.86. The Kier molecular flexibility index (Phi) is 4.08. The average Bonchev–Trinajstić information content (AvgIpc) is 2.15. The number of piperidine rings is 1. The lowest BCUT2D eigenvalue weighted by molar-refractivity contribution is -0.122. The van der Waals surface area contributed by atoms with E-state index in [9.17, 15) is 4.79 Å². The summed E-state index contributed by atoms with van der Waals surface area (Å²) in [6.07, 6.45) is 4.43. The van der Waals surface area contributed by atoms with Crippen LogP contribution < -0.4 is 0 Å². The molecule has 1 rings (SSSR count). The predicted octanol–water partition coefficient (Wildman–Crippen LogP) is 1.03. The number of amides is 1. The van der Waals surface area contributed by atoms with Crippen LogP contribution in [0.1, 0.15) is 26.2 Å². The minimum atomic E-state index is 0.281. The zero-order valence-corrected chi connectivity index (χ0v) is 7.66. The molecule has 0 aromatic carbocycles. The molecule has 0 aliphatic carbocycles. The van der Waals surface area contributed by atoms with Crippen molar-refractivity contribution in [2.75, 3.05) is 19.7 Å². The van der Waals surface area contributed by atoms with Crippen molar-refractivity contribution in [3.63, 3.8) is 0 Å². The number of hydrogen-bond donors (Lipinski definition) is 0. The molecule has 0 spiro atoms. The standard InChI is InChI=1S/C9H17NO2/c1-2-6-12-9-4-3-5-10(7-9)8-11/h8-9H,2-7H2,1H3. The lowest BCUT2D eigenvalue weighted by Crippen LogP contribution is -2.38. The minimum absolute atomic E-state index is 0.281. The zero-order chi connectivity index (χ0) is 8.81. The Hall–Kier alpha value is -0.570. The van der Waals surface area contributed by atoms with E-state index in [2.05, 4.69) is 6.92 Å². The van der Waals surface area contributed by atoms with Gasteiger partial charge in [0.15, 0.2) is 0 Å². The molecule has 3 heteroatoms. The number of likely N-dealkylation sites (tertiary alicyclic amines) is 1. The maximum atomic E-state index is 10.4. The van der Waals surface area contributed by atoms with E-state index in [0.29, 0.717) is 0 Å². The van der Waals surface area contributed by atoms with Crippen LogP contribution in [0.3, 0.4) is 0 Å². The number of nitrogens with zero attached hydrogens (tertiary/aromatic N) is 1. The van der Waals surface area contributed by atoms with Gasteiger partial charge in [0.1, 0.15) is 0 Å². The molecular formula is C9H17NO2. The van der Waals surface area contributed by atoms with Crippen LogP contribution in [0, 0.1) is 0 Å². The summed E-state index contributed by atoms with van der Waals surface area (Å²) >= 11 is 0. The second-order valence-electron chi connectivity index (χ2n) is 3.24. The second-order valence-corrected chi connectivity index (χ2v) is 3.24. The highest BCUT2D eigenvalue weighted by Gasteiger charge is 2.18. The van der Waals surface area contributed by atoms with E-state index in [1.807, 2.05) is 0 Å². The van der Waals surface area contributed by atoms with Gasteiger partial charge in [0.05, 0.1) is 6.10 Å². The van der Waals surface area contributed by atoms with Crippen LogP contribution >= 0.6 is 0 Å². The number of carbonyl (C=O) groups excluding carboxylic acids is 1. The van der Waals surface area contributed by atoms with Crippen molar-refractivity contribution < 1.29 is 9.53 Å². The van der Waals surface area contributed by atoms with E-state index in [-0.39, 0.29) is 6.10 Å². The molecule has 1 atom stereocenters. The Balaban J connectivity index is 2.20. The third-order valence-electron chi connectivity index (χ3n) is 2.12. The third-order valence-corrected chi connectivity index (χ3v) is 2.12. The molecule has 1 aliphatic heterocycles. The molecule has 0 bridgehead atoms. The van der Waals surface area contributed by atoms with Gasteiger partial charge in [-0.25, -0.2) is 0 Å². The fraction of sp³-hybridized carbons (Fsp3) is 0.889. The van der Waals surface area contributed by atoms with Gasteiger partial charge in [-0.2, -0.15) is 0 Å². The molecule has 0 aromatic rings. The monoisotopic (exact) mass is 171 g/mol. The summed E-state index contributed by atoms with van der Waals surface area (Å²) in [5.41, 5.74) is 0. The Bertz CT molecular complexity index is 138. The Labute approximate surface area is 73.7 Å². The second kappa shape index (κ2) is 5.14. The molecule has 0 N–H and O–H groups in total. The summed E-state index contributed by atoms with van der Waals surface area (Å²) in [4.78, 5) is 12.2. The van der Waals surface area contributed by atoms with Crippen LogP contribution in [-0.4, -0.2) is 37.1 Å². The van der Waals surface area contributed by atoms with Crippen LogP contribution in [0.2, 0.25) is 0 Å². The molecule has 12 heavy (non-hydrogen) atoms. The summed E-state index contributed by atoms with van der Waals surface area (Å²) in [6.45, 7) is 4.59. The molecule has 0 aromatic heterocycles. The van der Waals surface area contributed by atoms with Crippen LogP contribution in [-0.2, 0) is 9.53 Å². The van der Waals surface area contributed by atoms with Gasteiger partial charge in [-0.15, -0.1) is 0 Å². The maximum absolute atomic E-state index is 10.4. The van der Waals surface area contributed by atoms with E-state index in [4.69, 9.17) is 4.74 Å². The molecule has 1 aliphatic rings. The van der Waals surface area contributed by atoms with E-state index >= 15 is 0 Å². The van der Waals surface area contributed by atoms with E-state index in [0.717, 1.165) is 45.4 Å². The van der Waals surface area contributed by atoms with Crippen molar-refractivity contribution in [1.82, 2.24) is 4.90 Å². The maximum Gasteiger partial charge on any atom is 0.209 e. The highest BCUT2D eigenvalue weighted by molar-refractivity contribution is 5.47. The molecule has 1 saturated heterocycles. The van der Waals surface area contributed by atoms with Gasteiger partial charge in [-0.3, -0.25) is 4.79 Å². The van der Waals surface area contributed by atoms with Gasteiger partial charge in [-0.1, -0.05) is 6.92 Å². The molecule has 70 valence electrons. The average molecular weight is 171 g/mol. The molecule has 0 radical (unpaired) electrons. The van der Waals surface area contributed by atoms with Crippen molar-refractivity contribution in [3.8, 4) is 0 Å². The van der Waals surface area contributed by atoms with Crippen LogP contribution in [0.5, 0.6) is 0 Å². The number of carbonyl (C=O) groups is 1. The quantitative estimate of drug-likeness (QED) is 0.591. The number of rotatable bonds is 4. The molecule has 1 fully saturated rings. The van der Waals surface area contributed by atoms with Crippen LogP contribution in [0.25, 0.3) is 0 Å². The molecule has 0 saturated carbocycles. The summed E-state index contributed by atoms with van der Waals surface area (Å²) < 4.78 is 5.56. The Morgan fingerprint density at radius 3 is 3.17 bits per heavy atom. The van der Waals surface area contributed by atoms with Gasteiger partial charge >= 0.3 is 0 Å². The van der Waals surface area contributed by atoms with Crippen molar-refractivity contribution in [1.29, 1.82) is 0 Å². The SMILES string of the molecule is CCCOC1CCCN(C=O)C1. The lowest BCUT2D eigenvalue weighted by atomic mass is 10.1. The minimum Gasteiger partial charge on any atom is -0.376 e. The predicted molar refractivity (Wildman–Crippen MR) is 46.9 cm³/mol. The number of ether oxygens (including phenoxy) is 1. The van der Waals surface area contributed by atoms with Gasteiger partial charge in [0.2, 0.25) is 6.41 Å². The third kappa shape index (κ3) is 2.81. The highest BCUT2D eigenvalue weighted by atomic mass is 16.5. The summed E-state index contributed by atoms with van der Waals surface area (Å²) in [7, 11) is 0. The normalized spacial score (nSPS) is 24.1. The first kappa shape index (κ1) is 9.52. The molecular weight excluding hydrogens is 154 g/mol. The van der Waals surface area contributed by atoms with Crippen molar-refractivity contribution in [2.45, 2.75) is 32.3 Å². The van der Waals surface area contributed by atoms with E-state index < -0.39 is 0 Å². The lowest BCUT2D eigenvalue weighted by Gasteiger charge is -2.29. The summed E-state index contributed by atoms with van der Waals surface area (Å²) in [5.74, 6) is 0. The number of hydrogen-bond acceptors (Lipinski definition) is 2. The summed E-state index contributed by atoms with van der Waals surface area (Å²) in [6, 6.07) is 0. The van der Waals surface area contributed by atoms with Gasteiger partial charge in [-0.05, 0) is 19.3 Å². The van der Waals surface area contributed by atoms with Crippen LogP contribution in [0.4, 0.5) is 0 Å². The van der Waals surface area contributed by atoms with Crippen molar-refractivity contribution in [2.24, 2.45) is 0 Å². The first-order valence-corrected chi connectivity index (χ1v) is 4.67. The highest BCUT2D eigenvalue weighted by Crippen LogP contribution is 2.11. The zero-order valence-electron chi connectivity index (χ0n) is 7.66. The topological polar surface area (TPSA) is 29.5 Å². The molecule has 3 nitrogen and oxygen atoms in total. The molecule has 1 unspecified atom stereocenters. The Morgan fingerprint density at radius 2 is 2.50 bits per heavy atom. The Morgan fingerprint density at radius 1 is 1.67 bits per heavy atom. The van der Waals surface area contributed by atoms with E-state index in [1.165, 1.54) is 0 Å². The fourth-order valence-corrected chi connectivity index (χ4v) is 1.48. The van der Waals surface area contributed by atoms with E-state index in [1.54, 1.807) is 4.90 Å². The molecule has 1 heterocycles. The largest absolute Gasteiger partial charge is 0.376 e. The smallest absolute Gasteiger partial charge is 0.209 e. The van der Waals surface area contributed by atoms with Crippen molar-refractivity contribution in [3.05, 3.63) is 0 Å². The first-order valence-electron chi connectivity index (χ1n) is 4.67. The van der Waals surface area contributed by atoms with Gasteiger partial charge in [0, 0.05) is 19.7 Å². The fourth-order valence-electron chi connectivity index (χ4n) is 1.48. The van der Waals surface area contributed by atoms with Crippen molar-refractivity contribution >= 4 is 6.41 Å². The molecule has 1 amide bonds.